The van der Waals surface area contributed by atoms with Crippen molar-refractivity contribution in [2.24, 2.45) is 0 Å². The van der Waals surface area contributed by atoms with Gasteiger partial charge in [-0.05, 0) is 72.0 Å². The standard InChI is InChI=1S/C29H27F4NO/c1-2-3-4-5-20-7-14-26(34-18-20)23-12-13-24-22(17-23)11-10-21(28(24)31)9-6-19-8-15-27(25(30)16-19)35-29(32)33/h7-8,10-18,29H,2-6,9H2,1H3. The van der Waals surface area contributed by atoms with Gasteiger partial charge in [0, 0.05) is 17.1 Å². The Morgan fingerprint density at radius 3 is 2.37 bits per heavy atom. The highest BCUT2D eigenvalue weighted by atomic mass is 19.3. The van der Waals surface area contributed by atoms with Gasteiger partial charge in [0.1, 0.15) is 5.82 Å². The molecule has 0 saturated carbocycles. The Morgan fingerprint density at radius 1 is 0.829 bits per heavy atom. The second-order valence-electron chi connectivity index (χ2n) is 8.63. The van der Waals surface area contributed by atoms with Crippen molar-refractivity contribution in [1.29, 1.82) is 0 Å². The average molecular weight is 482 g/mol. The van der Waals surface area contributed by atoms with Crippen LogP contribution in [0, 0.1) is 11.6 Å². The Hall–Kier alpha value is -3.41. The van der Waals surface area contributed by atoms with E-state index in [0.29, 0.717) is 29.4 Å². The first kappa shape index (κ1) is 24.7. The highest BCUT2D eigenvalue weighted by molar-refractivity contribution is 5.88. The van der Waals surface area contributed by atoms with E-state index in [1.165, 1.54) is 30.5 Å². The minimum absolute atomic E-state index is 0.314. The van der Waals surface area contributed by atoms with E-state index >= 15 is 4.39 Å². The molecule has 0 bridgehead atoms. The Labute approximate surface area is 202 Å². The van der Waals surface area contributed by atoms with Crippen LogP contribution < -0.4 is 4.74 Å². The van der Waals surface area contributed by atoms with Crippen LogP contribution in [0.5, 0.6) is 5.75 Å². The number of fused-ring (bicyclic) bond motifs is 1. The molecule has 0 aliphatic rings. The van der Waals surface area contributed by atoms with Crippen LogP contribution in [0.25, 0.3) is 22.0 Å². The first-order chi connectivity index (χ1) is 16.9. The number of unbranched alkanes of at least 4 members (excludes halogenated alkanes) is 2. The first-order valence-electron chi connectivity index (χ1n) is 11.8. The van der Waals surface area contributed by atoms with Gasteiger partial charge in [-0.15, -0.1) is 0 Å². The molecule has 0 amide bonds. The molecule has 1 heterocycles. The van der Waals surface area contributed by atoms with Crippen LogP contribution in [0.15, 0.2) is 66.9 Å². The Morgan fingerprint density at radius 2 is 1.66 bits per heavy atom. The Balaban J connectivity index is 1.47. The predicted molar refractivity (Wildman–Crippen MR) is 131 cm³/mol. The third kappa shape index (κ3) is 6.18. The maximum Gasteiger partial charge on any atom is 0.387 e. The quantitative estimate of drug-likeness (QED) is 0.168. The van der Waals surface area contributed by atoms with E-state index in [0.717, 1.165) is 35.6 Å². The van der Waals surface area contributed by atoms with Gasteiger partial charge in [-0.25, -0.2) is 8.78 Å². The van der Waals surface area contributed by atoms with Crippen LogP contribution in [-0.4, -0.2) is 11.6 Å². The highest BCUT2D eigenvalue weighted by Gasteiger charge is 2.12. The fraction of sp³-hybridized carbons (Fsp3) is 0.276. The van der Waals surface area contributed by atoms with Crippen molar-refractivity contribution in [3.63, 3.8) is 0 Å². The fourth-order valence-corrected chi connectivity index (χ4v) is 4.18. The third-order valence-corrected chi connectivity index (χ3v) is 6.12. The number of aryl methyl sites for hydroxylation is 3. The number of hydrogen-bond acceptors (Lipinski definition) is 2. The molecule has 2 nitrogen and oxygen atoms in total. The second-order valence-corrected chi connectivity index (χ2v) is 8.63. The number of nitrogens with zero attached hydrogens (tertiary/aromatic N) is 1. The highest BCUT2D eigenvalue weighted by Crippen LogP contribution is 2.28. The van der Waals surface area contributed by atoms with E-state index in [1.807, 2.05) is 30.5 Å². The fourth-order valence-electron chi connectivity index (χ4n) is 4.18. The molecular weight excluding hydrogens is 454 g/mol. The molecule has 4 rings (SSSR count). The molecular formula is C29H27F4NO. The zero-order valence-electron chi connectivity index (χ0n) is 19.5. The van der Waals surface area contributed by atoms with Gasteiger partial charge >= 0.3 is 6.61 Å². The van der Waals surface area contributed by atoms with Gasteiger partial charge in [0.2, 0.25) is 0 Å². The van der Waals surface area contributed by atoms with E-state index in [1.54, 1.807) is 12.1 Å². The first-order valence-corrected chi connectivity index (χ1v) is 11.8. The molecule has 0 radical (unpaired) electrons. The molecule has 3 aromatic carbocycles. The van der Waals surface area contributed by atoms with E-state index < -0.39 is 18.2 Å². The van der Waals surface area contributed by atoms with Crippen molar-refractivity contribution in [2.45, 2.75) is 52.1 Å². The summed E-state index contributed by atoms with van der Waals surface area (Å²) in [5, 5.41) is 1.28. The van der Waals surface area contributed by atoms with Gasteiger partial charge in [-0.1, -0.05) is 56.2 Å². The van der Waals surface area contributed by atoms with E-state index in [-0.39, 0.29) is 5.82 Å². The Kier molecular flexibility index (Phi) is 8.01. The lowest BCUT2D eigenvalue weighted by Gasteiger charge is -2.10. The monoisotopic (exact) mass is 481 g/mol. The van der Waals surface area contributed by atoms with Gasteiger partial charge in [0.15, 0.2) is 11.6 Å². The number of alkyl halides is 2. The summed E-state index contributed by atoms with van der Waals surface area (Å²) in [5.41, 5.74) is 4.06. The molecule has 35 heavy (non-hydrogen) atoms. The molecule has 0 aliphatic carbocycles. The summed E-state index contributed by atoms with van der Waals surface area (Å²) >= 11 is 0. The van der Waals surface area contributed by atoms with Gasteiger partial charge in [0.25, 0.3) is 0 Å². The van der Waals surface area contributed by atoms with Gasteiger partial charge in [-0.3, -0.25) is 4.98 Å². The van der Waals surface area contributed by atoms with Gasteiger partial charge < -0.3 is 4.74 Å². The number of hydrogen-bond donors (Lipinski definition) is 0. The molecule has 0 N–H and O–H groups in total. The third-order valence-electron chi connectivity index (χ3n) is 6.12. The van der Waals surface area contributed by atoms with Crippen LogP contribution in [0.3, 0.4) is 0 Å². The number of pyridine rings is 1. The number of halogens is 4. The lowest BCUT2D eigenvalue weighted by atomic mass is 9.98. The minimum atomic E-state index is -3.09. The minimum Gasteiger partial charge on any atom is -0.432 e. The van der Waals surface area contributed by atoms with Crippen LogP contribution in [0.2, 0.25) is 0 Å². The molecule has 6 heteroatoms. The zero-order chi connectivity index (χ0) is 24.8. The number of ether oxygens (including phenoxy) is 1. The summed E-state index contributed by atoms with van der Waals surface area (Å²) < 4.78 is 57.9. The molecule has 0 fully saturated rings. The van der Waals surface area contributed by atoms with Crippen molar-refractivity contribution >= 4 is 10.8 Å². The maximum atomic E-state index is 15.2. The SMILES string of the molecule is CCCCCc1ccc(-c2ccc3c(F)c(CCc4ccc(OC(F)F)c(F)c4)ccc3c2)nc1. The summed E-state index contributed by atoms with van der Waals surface area (Å²) in [7, 11) is 0. The Bertz CT molecular complexity index is 1290. The molecule has 0 saturated heterocycles. The summed E-state index contributed by atoms with van der Waals surface area (Å²) in [5.74, 6) is -1.68. The van der Waals surface area contributed by atoms with Crippen molar-refractivity contribution in [3.8, 4) is 17.0 Å². The van der Waals surface area contributed by atoms with Crippen molar-refractivity contribution in [1.82, 2.24) is 4.98 Å². The lowest BCUT2D eigenvalue weighted by molar-refractivity contribution is -0.0522. The van der Waals surface area contributed by atoms with Crippen LogP contribution in [0.1, 0.15) is 42.9 Å². The maximum absolute atomic E-state index is 15.2. The van der Waals surface area contributed by atoms with E-state index in [4.69, 9.17) is 0 Å². The number of benzene rings is 3. The molecule has 0 atom stereocenters. The van der Waals surface area contributed by atoms with Gasteiger partial charge in [-0.2, -0.15) is 8.78 Å². The molecule has 0 unspecified atom stereocenters. The molecule has 0 aliphatic heterocycles. The summed E-state index contributed by atoms with van der Waals surface area (Å²) in [6.45, 7) is -0.906. The number of aromatic nitrogens is 1. The van der Waals surface area contributed by atoms with Gasteiger partial charge in [0.05, 0.1) is 5.69 Å². The molecule has 4 aromatic rings. The van der Waals surface area contributed by atoms with Crippen molar-refractivity contribution in [3.05, 3.63) is 95.2 Å². The number of rotatable bonds is 10. The van der Waals surface area contributed by atoms with Crippen molar-refractivity contribution in [2.75, 3.05) is 0 Å². The van der Waals surface area contributed by atoms with E-state index in [9.17, 15) is 13.2 Å². The van der Waals surface area contributed by atoms with Crippen molar-refractivity contribution < 1.29 is 22.3 Å². The van der Waals surface area contributed by atoms with E-state index in [2.05, 4.69) is 22.7 Å². The van der Waals surface area contributed by atoms with Crippen LogP contribution >= 0.6 is 0 Å². The molecule has 182 valence electrons. The van der Waals surface area contributed by atoms with Crippen LogP contribution in [-0.2, 0) is 19.3 Å². The largest absolute Gasteiger partial charge is 0.432 e. The molecule has 1 aromatic heterocycles. The van der Waals surface area contributed by atoms with Crippen LogP contribution in [0.4, 0.5) is 17.6 Å². The smallest absolute Gasteiger partial charge is 0.387 e. The summed E-state index contributed by atoms with van der Waals surface area (Å²) in [4.78, 5) is 4.59. The summed E-state index contributed by atoms with van der Waals surface area (Å²) in [6, 6.07) is 17.1. The normalized spacial score (nSPS) is 11.4. The summed E-state index contributed by atoms with van der Waals surface area (Å²) in [6.07, 6.45) is 7.19. The predicted octanol–water partition coefficient (Wildman–Crippen LogP) is 8.30. The zero-order valence-corrected chi connectivity index (χ0v) is 19.5. The lowest BCUT2D eigenvalue weighted by Crippen LogP contribution is -2.04. The average Bonchev–Trinajstić information content (AvgIpc) is 2.85. The topological polar surface area (TPSA) is 22.1 Å². The molecule has 0 spiro atoms. The second kappa shape index (κ2) is 11.3.